The second-order valence-corrected chi connectivity index (χ2v) is 5.17. The Morgan fingerprint density at radius 2 is 1.82 bits per heavy atom. The first-order chi connectivity index (χ1) is 10.4. The van der Waals surface area contributed by atoms with E-state index in [1.54, 1.807) is 29.0 Å². The highest BCUT2D eigenvalue weighted by Crippen LogP contribution is 2.15. The van der Waals surface area contributed by atoms with E-state index in [4.69, 9.17) is 0 Å². The lowest BCUT2D eigenvalue weighted by atomic mass is 10.1. The number of nitrogens with zero attached hydrogens (tertiary/aromatic N) is 2. The van der Waals surface area contributed by atoms with Gasteiger partial charge in [0.1, 0.15) is 0 Å². The Bertz CT molecular complexity index is 740. The van der Waals surface area contributed by atoms with Crippen molar-refractivity contribution in [1.29, 1.82) is 0 Å². The highest BCUT2D eigenvalue weighted by molar-refractivity contribution is 6.08. The summed E-state index contributed by atoms with van der Waals surface area (Å²) in [7, 11) is 1.82. The van der Waals surface area contributed by atoms with Crippen LogP contribution in [-0.2, 0) is 11.8 Å². The van der Waals surface area contributed by atoms with E-state index >= 15 is 0 Å². The third-order valence-corrected chi connectivity index (χ3v) is 3.41. The van der Waals surface area contributed by atoms with Crippen molar-refractivity contribution < 1.29 is 9.59 Å². The van der Waals surface area contributed by atoms with Crippen LogP contribution < -0.4 is 5.32 Å². The van der Waals surface area contributed by atoms with Gasteiger partial charge in [-0.25, -0.2) is 0 Å². The van der Waals surface area contributed by atoms with Gasteiger partial charge in [-0.2, -0.15) is 5.10 Å². The number of aryl methyl sites for hydroxylation is 2. The molecule has 2 rings (SSSR count). The van der Waals surface area contributed by atoms with Gasteiger partial charge in [-0.05, 0) is 37.6 Å². The molecule has 0 spiro atoms. The standard InChI is InChI=1S/C17H19N3O2/c1-11-17(12(2)20(4)19-11)16(22)10-7-14-5-8-15(9-6-14)18-13(3)21/h5-10H,1-4H3,(H,18,21)/b10-7-. The first-order valence-electron chi connectivity index (χ1n) is 6.98. The number of carbonyl (C=O) groups excluding carboxylic acids is 2. The number of ketones is 1. The molecular weight excluding hydrogens is 278 g/mol. The summed E-state index contributed by atoms with van der Waals surface area (Å²) in [5, 5.41) is 6.95. The van der Waals surface area contributed by atoms with Gasteiger partial charge in [0.2, 0.25) is 5.91 Å². The van der Waals surface area contributed by atoms with Gasteiger partial charge >= 0.3 is 0 Å². The second kappa shape index (κ2) is 6.39. The summed E-state index contributed by atoms with van der Waals surface area (Å²) in [6, 6.07) is 7.29. The Morgan fingerprint density at radius 3 is 2.32 bits per heavy atom. The molecule has 0 atom stereocenters. The number of hydrogen-bond donors (Lipinski definition) is 1. The lowest BCUT2D eigenvalue weighted by Gasteiger charge is -2.01. The van der Waals surface area contributed by atoms with Crippen LogP contribution in [0.5, 0.6) is 0 Å². The van der Waals surface area contributed by atoms with Crippen molar-refractivity contribution in [3.8, 4) is 0 Å². The van der Waals surface area contributed by atoms with Gasteiger partial charge in [0, 0.05) is 25.4 Å². The first kappa shape index (κ1) is 15.7. The Labute approximate surface area is 129 Å². The molecule has 114 valence electrons. The molecule has 0 radical (unpaired) electrons. The number of amides is 1. The van der Waals surface area contributed by atoms with E-state index in [0.29, 0.717) is 5.56 Å². The van der Waals surface area contributed by atoms with Crippen LogP contribution in [0, 0.1) is 13.8 Å². The van der Waals surface area contributed by atoms with Crippen LogP contribution in [0.15, 0.2) is 30.3 Å². The molecule has 2 aromatic rings. The third kappa shape index (κ3) is 3.49. The highest BCUT2D eigenvalue weighted by atomic mass is 16.1. The van der Waals surface area contributed by atoms with E-state index in [-0.39, 0.29) is 11.7 Å². The Morgan fingerprint density at radius 1 is 1.18 bits per heavy atom. The Balaban J connectivity index is 2.14. The zero-order chi connectivity index (χ0) is 16.3. The van der Waals surface area contributed by atoms with Gasteiger partial charge in [0.25, 0.3) is 0 Å². The smallest absolute Gasteiger partial charge is 0.221 e. The van der Waals surface area contributed by atoms with Crippen molar-refractivity contribution in [3.05, 3.63) is 52.9 Å². The minimum atomic E-state index is -0.110. The number of nitrogens with one attached hydrogen (secondary N) is 1. The summed E-state index contributed by atoms with van der Waals surface area (Å²) in [5.74, 6) is -0.171. The average Bonchev–Trinajstić information content (AvgIpc) is 2.70. The Kier molecular flexibility index (Phi) is 4.56. The lowest BCUT2D eigenvalue weighted by molar-refractivity contribution is -0.114. The molecule has 1 N–H and O–H groups in total. The molecule has 1 aromatic heterocycles. The van der Waals surface area contributed by atoms with Crippen LogP contribution in [0.4, 0.5) is 5.69 Å². The normalized spacial score (nSPS) is 10.9. The highest BCUT2D eigenvalue weighted by Gasteiger charge is 2.14. The van der Waals surface area contributed by atoms with Crippen LogP contribution in [0.2, 0.25) is 0 Å². The van der Waals surface area contributed by atoms with Crippen molar-refractivity contribution in [2.24, 2.45) is 7.05 Å². The van der Waals surface area contributed by atoms with Crippen molar-refractivity contribution in [2.45, 2.75) is 20.8 Å². The van der Waals surface area contributed by atoms with Crippen molar-refractivity contribution >= 4 is 23.5 Å². The van der Waals surface area contributed by atoms with E-state index in [1.165, 1.54) is 6.92 Å². The third-order valence-electron chi connectivity index (χ3n) is 3.41. The van der Waals surface area contributed by atoms with E-state index < -0.39 is 0 Å². The molecule has 22 heavy (non-hydrogen) atoms. The molecule has 5 nitrogen and oxygen atoms in total. The van der Waals surface area contributed by atoms with E-state index in [0.717, 1.165) is 22.6 Å². The molecule has 0 fully saturated rings. The molecule has 1 amide bonds. The van der Waals surface area contributed by atoms with Crippen LogP contribution in [0.25, 0.3) is 6.08 Å². The minimum Gasteiger partial charge on any atom is -0.326 e. The van der Waals surface area contributed by atoms with E-state index in [2.05, 4.69) is 10.4 Å². The number of aromatic nitrogens is 2. The predicted molar refractivity (Wildman–Crippen MR) is 86.8 cm³/mol. The van der Waals surface area contributed by atoms with Gasteiger partial charge in [-0.1, -0.05) is 18.2 Å². The molecule has 0 saturated carbocycles. The predicted octanol–water partition coefficient (Wildman–Crippen LogP) is 2.89. The molecule has 0 bridgehead atoms. The topological polar surface area (TPSA) is 64.0 Å². The molecule has 0 aliphatic heterocycles. The maximum Gasteiger partial charge on any atom is 0.221 e. The second-order valence-electron chi connectivity index (χ2n) is 5.17. The molecule has 5 heteroatoms. The Hall–Kier alpha value is -2.69. The molecule has 0 unspecified atom stereocenters. The van der Waals surface area contributed by atoms with Crippen LogP contribution in [0.3, 0.4) is 0 Å². The quantitative estimate of drug-likeness (QED) is 0.697. The maximum absolute atomic E-state index is 12.3. The largest absolute Gasteiger partial charge is 0.326 e. The van der Waals surface area contributed by atoms with Gasteiger partial charge in [0.15, 0.2) is 5.78 Å². The molecule has 0 aliphatic rings. The van der Waals surface area contributed by atoms with Crippen molar-refractivity contribution in [2.75, 3.05) is 5.32 Å². The first-order valence-corrected chi connectivity index (χ1v) is 6.98. The minimum absolute atomic E-state index is 0.0611. The van der Waals surface area contributed by atoms with Gasteiger partial charge in [-0.15, -0.1) is 0 Å². The summed E-state index contributed by atoms with van der Waals surface area (Å²) < 4.78 is 1.71. The number of hydrogen-bond acceptors (Lipinski definition) is 3. The van der Waals surface area contributed by atoms with Gasteiger partial charge in [0.05, 0.1) is 11.3 Å². The molecule has 1 heterocycles. The van der Waals surface area contributed by atoms with Crippen LogP contribution >= 0.6 is 0 Å². The van der Waals surface area contributed by atoms with E-state index in [1.807, 2.05) is 33.0 Å². The molecule has 0 saturated heterocycles. The summed E-state index contributed by atoms with van der Waals surface area (Å²) in [6.07, 6.45) is 3.30. The number of allylic oxidation sites excluding steroid dienone is 1. The average molecular weight is 297 g/mol. The zero-order valence-corrected chi connectivity index (χ0v) is 13.2. The summed E-state index contributed by atoms with van der Waals surface area (Å²) in [6.45, 7) is 5.17. The van der Waals surface area contributed by atoms with Crippen LogP contribution in [0.1, 0.15) is 34.2 Å². The summed E-state index contributed by atoms with van der Waals surface area (Å²) in [4.78, 5) is 23.2. The van der Waals surface area contributed by atoms with Crippen molar-refractivity contribution in [3.63, 3.8) is 0 Å². The summed E-state index contributed by atoms with van der Waals surface area (Å²) >= 11 is 0. The van der Waals surface area contributed by atoms with Crippen LogP contribution in [-0.4, -0.2) is 21.5 Å². The van der Waals surface area contributed by atoms with Gasteiger partial charge < -0.3 is 5.32 Å². The zero-order valence-electron chi connectivity index (χ0n) is 13.2. The SMILES string of the molecule is CC(=O)Nc1ccc(/C=C\C(=O)c2c(C)nn(C)c2C)cc1. The van der Waals surface area contributed by atoms with Crippen molar-refractivity contribution in [1.82, 2.24) is 9.78 Å². The maximum atomic E-state index is 12.3. The fourth-order valence-electron chi connectivity index (χ4n) is 2.27. The fourth-order valence-corrected chi connectivity index (χ4v) is 2.27. The molecule has 0 aliphatic carbocycles. The summed E-state index contributed by atoms with van der Waals surface area (Å²) in [5.41, 5.74) is 3.86. The van der Waals surface area contributed by atoms with Gasteiger partial charge in [-0.3, -0.25) is 14.3 Å². The number of carbonyl (C=O) groups is 2. The molecular formula is C17H19N3O2. The number of anilines is 1. The molecule has 1 aromatic carbocycles. The monoisotopic (exact) mass is 297 g/mol. The van der Waals surface area contributed by atoms with E-state index in [9.17, 15) is 9.59 Å². The lowest BCUT2D eigenvalue weighted by Crippen LogP contribution is -2.05. The number of benzene rings is 1. The fraction of sp³-hybridized carbons (Fsp3) is 0.235. The number of rotatable bonds is 4.